The van der Waals surface area contributed by atoms with Crippen molar-refractivity contribution >= 4 is 21.5 Å². The number of carbonyl (C=O) groups is 1. The molecule has 1 atom stereocenters. The molecule has 1 N–H and O–H groups in total. The van der Waals surface area contributed by atoms with Gasteiger partial charge < -0.3 is 5.11 Å². The highest BCUT2D eigenvalue weighted by Gasteiger charge is 1.98. The van der Waals surface area contributed by atoms with Crippen molar-refractivity contribution < 1.29 is 9.90 Å². The summed E-state index contributed by atoms with van der Waals surface area (Å²) in [6, 6.07) is 0. The van der Waals surface area contributed by atoms with E-state index in [1.807, 2.05) is 11.5 Å². The fraction of sp³-hybridized carbons (Fsp3) is 0.167. The van der Waals surface area contributed by atoms with Crippen LogP contribution in [-0.2, 0) is 4.79 Å². The Morgan fingerprint density at radius 1 is 1.78 bits per heavy atom. The second-order valence-electron chi connectivity index (χ2n) is 1.58. The Balaban J connectivity index is 2.56. The predicted molar refractivity (Wildman–Crippen MR) is 38.8 cm³/mol. The van der Waals surface area contributed by atoms with E-state index in [9.17, 15) is 4.79 Å². The first-order valence-corrected chi connectivity index (χ1v) is 3.92. The predicted octanol–water partition coefficient (Wildman–Crippen LogP) is 0.825. The van der Waals surface area contributed by atoms with Crippen molar-refractivity contribution in [3.05, 3.63) is 17.6 Å². The van der Waals surface area contributed by atoms with Crippen molar-refractivity contribution in [1.82, 2.24) is 0 Å². The van der Waals surface area contributed by atoms with Crippen LogP contribution in [0.5, 0.6) is 0 Å². The summed E-state index contributed by atoms with van der Waals surface area (Å²) in [5.74, 6) is -0.571. The Kier molecular flexibility index (Phi) is 1.88. The smallest absolute Gasteiger partial charge is 0.313 e. The summed E-state index contributed by atoms with van der Waals surface area (Å²) < 4.78 is 0. The number of hydrogen-bond donors (Lipinski definition) is 1. The zero-order chi connectivity index (χ0) is 6.69. The lowest BCUT2D eigenvalue weighted by Gasteiger charge is -1.89. The van der Waals surface area contributed by atoms with Crippen LogP contribution in [-0.4, -0.2) is 21.9 Å². The monoisotopic (exact) mass is 142 g/mol. The Hall–Kier alpha value is -0.790. The highest BCUT2D eigenvalue weighted by Crippen LogP contribution is 2.14. The molecule has 0 spiro atoms. The highest BCUT2D eigenvalue weighted by atomic mass is 32.2. The van der Waals surface area contributed by atoms with Crippen molar-refractivity contribution in [2.45, 2.75) is 0 Å². The Bertz CT molecular complexity index is 221. The number of rotatable bonds is 2. The van der Waals surface area contributed by atoms with Crippen LogP contribution in [0.4, 0.5) is 0 Å². The molecule has 48 valence electrons. The van der Waals surface area contributed by atoms with Crippen molar-refractivity contribution in [1.29, 1.82) is 0 Å². The van der Waals surface area contributed by atoms with Crippen molar-refractivity contribution in [2.75, 3.05) is 5.75 Å². The van der Waals surface area contributed by atoms with Gasteiger partial charge in [-0.2, -0.15) is 0 Å². The van der Waals surface area contributed by atoms with Crippen LogP contribution in [0.2, 0.25) is 0 Å². The molecule has 9 heavy (non-hydrogen) atoms. The molecule has 0 fully saturated rings. The minimum atomic E-state index is -0.759. The van der Waals surface area contributed by atoms with E-state index in [-0.39, 0.29) is 16.2 Å². The molecule has 0 bridgehead atoms. The van der Waals surface area contributed by atoms with E-state index >= 15 is 0 Å². The van der Waals surface area contributed by atoms with Gasteiger partial charge in [-0.25, -0.2) is 0 Å². The summed E-state index contributed by atoms with van der Waals surface area (Å²) in [4.78, 5) is 10.1. The van der Waals surface area contributed by atoms with Crippen LogP contribution in [0.1, 0.15) is 0 Å². The number of carboxylic acid groups (broad SMARTS) is 1. The molecule has 1 unspecified atom stereocenters. The molecule has 1 aliphatic heterocycles. The topological polar surface area (TPSA) is 37.3 Å². The Labute approximate surface area is 55.4 Å². The van der Waals surface area contributed by atoms with Gasteiger partial charge in [0, 0.05) is 0 Å². The second kappa shape index (κ2) is 2.67. The minimum Gasteiger partial charge on any atom is -0.481 e. The summed E-state index contributed by atoms with van der Waals surface area (Å²) in [5, 5.41) is 13.0. The number of carboxylic acids is 1. The molecule has 0 amide bonds. The van der Waals surface area contributed by atoms with E-state index < -0.39 is 5.97 Å². The van der Waals surface area contributed by atoms with Crippen LogP contribution in [0.25, 0.3) is 0 Å². The van der Waals surface area contributed by atoms with Gasteiger partial charge in [0.15, 0.2) is 0 Å². The molecule has 0 aromatic heterocycles. The molecule has 1 heterocycles. The quantitative estimate of drug-likeness (QED) is 0.580. The maximum absolute atomic E-state index is 10.1. The molecular weight excluding hydrogens is 136 g/mol. The molecule has 2 nitrogen and oxygen atoms in total. The first kappa shape index (κ1) is 6.33. The lowest BCUT2D eigenvalue weighted by Crippen LogP contribution is -1.97. The largest absolute Gasteiger partial charge is 0.481 e. The SMILES string of the molecule is O=C(O)CS1=C=CC=C1. The lowest BCUT2D eigenvalue weighted by molar-refractivity contribution is -0.133. The van der Waals surface area contributed by atoms with Gasteiger partial charge in [-0.3, -0.25) is 4.79 Å². The first-order valence-electron chi connectivity index (χ1n) is 2.47. The van der Waals surface area contributed by atoms with E-state index in [2.05, 4.69) is 5.02 Å². The molecule has 0 aromatic rings. The number of aliphatic carboxylic acids is 1. The van der Waals surface area contributed by atoms with Gasteiger partial charge in [0.2, 0.25) is 0 Å². The summed E-state index contributed by atoms with van der Waals surface area (Å²) in [6.45, 7) is 0. The second-order valence-corrected chi connectivity index (χ2v) is 3.23. The summed E-state index contributed by atoms with van der Waals surface area (Å²) in [6.07, 6.45) is 3.58. The van der Waals surface area contributed by atoms with E-state index in [1.54, 1.807) is 6.08 Å². The molecule has 0 saturated heterocycles. The van der Waals surface area contributed by atoms with Crippen LogP contribution < -0.4 is 0 Å². The van der Waals surface area contributed by atoms with Crippen molar-refractivity contribution in [3.8, 4) is 0 Å². The van der Waals surface area contributed by atoms with Gasteiger partial charge in [0.25, 0.3) is 0 Å². The fourth-order valence-electron chi connectivity index (χ4n) is 0.523. The fourth-order valence-corrected chi connectivity index (χ4v) is 1.57. The molecule has 1 aliphatic rings. The van der Waals surface area contributed by atoms with Crippen LogP contribution in [0, 0.1) is 0 Å². The lowest BCUT2D eigenvalue weighted by atomic mass is 10.6. The van der Waals surface area contributed by atoms with E-state index in [4.69, 9.17) is 5.11 Å². The van der Waals surface area contributed by atoms with Gasteiger partial charge >= 0.3 is 5.97 Å². The molecular formula is C6H6O2S. The van der Waals surface area contributed by atoms with E-state index in [0.717, 1.165) is 0 Å². The van der Waals surface area contributed by atoms with Gasteiger partial charge in [0.05, 0.1) is 5.75 Å². The zero-order valence-electron chi connectivity index (χ0n) is 4.70. The van der Waals surface area contributed by atoms with Crippen molar-refractivity contribution in [2.24, 2.45) is 0 Å². The number of allylic oxidation sites excluding steroid dienone is 2. The molecule has 1 rings (SSSR count). The number of hydrogen-bond acceptors (Lipinski definition) is 1. The maximum Gasteiger partial charge on any atom is 0.313 e. The van der Waals surface area contributed by atoms with E-state index in [0.29, 0.717) is 0 Å². The minimum absolute atomic E-state index is 0.187. The summed E-state index contributed by atoms with van der Waals surface area (Å²) in [5.41, 5.74) is 0. The van der Waals surface area contributed by atoms with Crippen molar-refractivity contribution in [3.63, 3.8) is 0 Å². The normalized spacial score (nSPS) is 22.0. The molecule has 0 radical (unpaired) electrons. The van der Waals surface area contributed by atoms with E-state index in [1.165, 1.54) is 0 Å². The van der Waals surface area contributed by atoms with Gasteiger partial charge in [-0.1, -0.05) is 5.02 Å². The highest BCUT2D eigenvalue weighted by molar-refractivity contribution is 8.17. The van der Waals surface area contributed by atoms with Gasteiger partial charge in [-0.05, 0) is 17.6 Å². The third-order valence-corrected chi connectivity index (χ3v) is 2.32. The molecule has 0 saturated carbocycles. The van der Waals surface area contributed by atoms with Crippen LogP contribution in [0.3, 0.4) is 0 Å². The van der Waals surface area contributed by atoms with Crippen LogP contribution in [0.15, 0.2) is 17.6 Å². The standard InChI is InChI=1S/C6H6O2S/c7-6(8)5-9-3-1-2-4-9/h1-3H,5H2,(H,7,8). The zero-order valence-corrected chi connectivity index (χ0v) is 5.52. The molecule has 0 aromatic carbocycles. The van der Waals surface area contributed by atoms with Gasteiger partial charge in [-0.15, -0.1) is 10.5 Å². The summed E-state index contributed by atoms with van der Waals surface area (Å²) in [7, 11) is -0.243. The van der Waals surface area contributed by atoms with Crippen LogP contribution >= 0.6 is 10.5 Å². The molecule has 0 aliphatic carbocycles. The maximum atomic E-state index is 10.1. The average molecular weight is 142 g/mol. The molecule has 3 heteroatoms. The third-order valence-electron chi connectivity index (χ3n) is 0.837. The average Bonchev–Trinajstić information content (AvgIpc) is 2.15. The Morgan fingerprint density at radius 3 is 3.00 bits per heavy atom. The third kappa shape index (κ3) is 1.88. The first-order chi connectivity index (χ1) is 4.29. The Morgan fingerprint density at radius 2 is 2.56 bits per heavy atom. The van der Waals surface area contributed by atoms with Gasteiger partial charge in [0.1, 0.15) is 0 Å². The summed E-state index contributed by atoms with van der Waals surface area (Å²) >= 11 is 0.